The largest absolute Gasteiger partial charge is 0.394 e. The standard InChI is InChI=1S/C12H14Cl2N2O2/c1-7-2-3-16(10(7)6-17)12(18)8-4-11(14)15-5-9(8)13/h4-5,7,10,17H,2-3,6H2,1H3. The number of aliphatic hydroxyl groups is 1. The van der Waals surface area contributed by atoms with Crippen molar-refractivity contribution in [1.82, 2.24) is 9.88 Å². The second-order valence-electron chi connectivity index (χ2n) is 4.50. The zero-order chi connectivity index (χ0) is 13.3. The van der Waals surface area contributed by atoms with Crippen molar-refractivity contribution in [2.45, 2.75) is 19.4 Å². The molecule has 0 aliphatic carbocycles. The summed E-state index contributed by atoms with van der Waals surface area (Å²) in [5, 5.41) is 9.87. The second-order valence-corrected chi connectivity index (χ2v) is 5.30. The predicted molar refractivity (Wildman–Crippen MR) is 69.9 cm³/mol. The van der Waals surface area contributed by atoms with Crippen LogP contribution in [0, 0.1) is 5.92 Å². The van der Waals surface area contributed by atoms with E-state index in [1.165, 1.54) is 12.3 Å². The number of carbonyl (C=O) groups is 1. The summed E-state index contributed by atoms with van der Waals surface area (Å²) in [4.78, 5) is 17.8. The van der Waals surface area contributed by atoms with E-state index in [0.717, 1.165) is 6.42 Å². The lowest BCUT2D eigenvalue weighted by molar-refractivity contribution is 0.0648. The highest BCUT2D eigenvalue weighted by molar-refractivity contribution is 6.35. The topological polar surface area (TPSA) is 53.4 Å². The molecule has 2 atom stereocenters. The Hall–Kier alpha value is -0.840. The Bertz CT molecular complexity index is 467. The summed E-state index contributed by atoms with van der Waals surface area (Å²) in [6.07, 6.45) is 2.25. The lowest BCUT2D eigenvalue weighted by Gasteiger charge is -2.25. The monoisotopic (exact) mass is 288 g/mol. The van der Waals surface area contributed by atoms with E-state index in [1.54, 1.807) is 4.90 Å². The molecule has 1 aliphatic rings. The molecule has 0 aromatic carbocycles. The van der Waals surface area contributed by atoms with Crippen LogP contribution in [0.2, 0.25) is 10.2 Å². The molecule has 1 aliphatic heterocycles. The second kappa shape index (κ2) is 5.43. The number of halogens is 2. The Morgan fingerprint density at radius 3 is 3.00 bits per heavy atom. The molecule has 2 heterocycles. The number of likely N-dealkylation sites (tertiary alicyclic amines) is 1. The molecule has 6 heteroatoms. The number of nitrogens with zero attached hydrogens (tertiary/aromatic N) is 2. The van der Waals surface area contributed by atoms with Crippen molar-refractivity contribution in [3.05, 3.63) is 28.0 Å². The van der Waals surface area contributed by atoms with Gasteiger partial charge in [0, 0.05) is 12.7 Å². The molecule has 1 fully saturated rings. The van der Waals surface area contributed by atoms with Gasteiger partial charge in [-0.2, -0.15) is 0 Å². The van der Waals surface area contributed by atoms with E-state index in [0.29, 0.717) is 12.1 Å². The molecule has 1 saturated heterocycles. The molecule has 0 spiro atoms. The van der Waals surface area contributed by atoms with Gasteiger partial charge in [0.1, 0.15) is 5.15 Å². The molecule has 1 aromatic heterocycles. The summed E-state index contributed by atoms with van der Waals surface area (Å²) in [7, 11) is 0. The van der Waals surface area contributed by atoms with Crippen molar-refractivity contribution >= 4 is 29.1 Å². The summed E-state index contributed by atoms with van der Waals surface area (Å²) in [5.41, 5.74) is 0.337. The number of amides is 1. The average Bonchev–Trinajstić information content (AvgIpc) is 2.72. The zero-order valence-electron chi connectivity index (χ0n) is 9.94. The van der Waals surface area contributed by atoms with Gasteiger partial charge in [-0.05, 0) is 18.4 Å². The summed E-state index contributed by atoms with van der Waals surface area (Å²) in [6.45, 7) is 2.61. The molecule has 1 amide bonds. The number of aromatic nitrogens is 1. The van der Waals surface area contributed by atoms with Gasteiger partial charge in [-0.25, -0.2) is 4.98 Å². The number of rotatable bonds is 2. The molecular weight excluding hydrogens is 275 g/mol. The SMILES string of the molecule is CC1CCN(C(=O)c2cc(Cl)ncc2Cl)C1CO. The van der Waals surface area contributed by atoms with Gasteiger partial charge in [0.05, 0.1) is 23.2 Å². The first-order valence-corrected chi connectivity index (χ1v) is 6.53. The van der Waals surface area contributed by atoms with Crippen LogP contribution in [0.15, 0.2) is 12.3 Å². The van der Waals surface area contributed by atoms with Crippen LogP contribution in [-0.4, -0.2) is 40.1 Å². The minimum absolute atomic E-state index is 0.0384. The first-order chi connectivity index (χ1) is 8.54. The van der Waals surface area contributed by atoms with Crippen LogP contribution in [-0.2, 0) is 0 Å². The molecule has 4 nitrogen and oxygen atoms in total. The van der Waals surface area contributed by atoms with Crippen LogP contribution in [0.5, 0.6) is 0 Å². The van der Waals surface area contributed by atoms with Crippen molar-refractivity contribution in [2.24, 2.45) is 5.92 Å². The van der Waals surface area contributed by atoms with Gasteiger partial charge >= 0.3 is 0 Å². The fourth-order valence-corrected chi connectivity index (χ4v) is 2.61. The van der Waals surface area contributed by atoms with Gasteiger partial charge in [0.2, 0.25) is 0 Å². The molecule has 2 rings (SSSR count). The van der Waals surface area contributed by atoms with E-state index in [4.69, 9.17) is 23.2 Å². The number of aliphatic hydroxyl groups excluding tert-OH is 1. The lowest BCUT2D eigenvalue weighted by atomic mass is 10.0. The van der Waals surface area contributed by atoms with E-state index in [2.05, 4.69) is 4.98 Å². The third-order valence-electron chi connectivity index (χ3n) is 3.38. The minimum Gasteiger partial charge on any atom is -0.394 e. The maximum atomic E-state index is 12.4. The van der Waals surface area contributed by atoms with Crippen LogP contribution >= 0.6 is 23.2 Å². The van der Waals surface area contributed by atoms with Gasteiger partial charge in [0.15, 0.2) is 0 Å². The zero-order valence-corrected chi connectivity index (χ0v) is 11.4. The molecule has 18 heavy (non-hydrogen) atoms. The lowest BCUT2D eigenvalue weighted by Crippen LogP contribution is -2.40. The Balaban J connectivity index is 2.28. The van der Waals surface area contributed by atoms with E-state index < -0.39 is 0 Å². The molecule has 2 unspecified atom stereocenters. The predicted octanol–water partition coefficient (Wildman–Crippen LogP) is 2.23. The summed E-state index contributed by atoms with van der Waals surface area (Å²) in [5.74, 6) is 0.0859. The van der Waals surface area contributed by atoms with Gasteiger partial charge < -0.3 is 10.0 Å². The quantitative estimate of drug-likeness (QED) is 0.849. The van der Waals surface area contributed by atoms with Crippen LogP contribution < -0.4 is 0 Å². The minimum atomic E-state index is -0.201. The first kappa shape index (κ1) is 13.6. The van der Waals surface area contributed by atoms with E-state index in [-0.39, 0.29) is 34.6 Å². The van der Waals surface area contributed by atoms with Crippen molar-refractivity contribution in [3.63, 3.8) is 0 Å². The van der Waals surface area contributed by atoms with Crippen LogP contribution in [0.1, 0.15) is 23.7 Å². The van der Waals surface area contributed by atoms with Gasteiger partial charge in [-0.3, -0.25) is 4.79 Å². The maximum absolute atomic E-state index is 12.4. The Labute approximate surface area is 116 Å². The number of hydrogen-bond donors (Lipinski definition) is 1. The van der Waals surface area contributed by atoms with Crippen molar-refractivity contribution < 1.29 is 9.90 Å². The molecule has 0 saturated carbocycles. The number of pyridine rings is 1. The molecule has 0 radical (unpaired) electrons. The number of carbonyl (C=O) groups excluding carboxylic acids is 1. The Kier molecular flexibility index (Phi) is 4.10. The third-order valence-corrected chi connectivity index (χ3v) is 3.89. The fourth-order valence-electron chi connectivity index (χ4n) is 2.27. The highest BCUT2D eigenvalue weighted by Gasteiger charge is 2.35. The fraction of sp³-hybridized carbons (Fsp3) is 0.500. The maximum Gasteiger partial charge on any atom is 0.255 e. The van der Waals surface area contributed by atoms with E-state index in [1.807, 2.05) is 6.92 Å². The molecule has 1 N–H and O–H groups in total. The van der Waals surface area contributed by atoms with E-state index >= 15 is 0 Å². The smallest absolute Gasteiger partial charge is 0.255 e. The highest BCUT2D eigenvalue weighted by Crippen LogP contribution is 2.28. The van der Waals surface area contributed by atoms with Gasteiger partial charge in [0.25, 0.3) is 5.91 Å². The van der Waals surface area contributed by atoms with Crippen LogP contribution in [0.4, 0.5) is 0 Å². The normalized spacial score (nSPS) is 23.4. The summed E-state index contributed by atoms with van der Waals surface area (Å²) < 4.78 is 0. The molecular formula is C12H14Cl2N2O2. The van der Waals surface area contributed by atoms with Gasteiger partial charge in [-0.15, -0.1) is 0 Å². The third kappa shape index (κ3) is 2.46. The van der Waals surface area contributed by atoms with Gasteiger partial charge in [-0.1, -0.05) is 30.1 Å². The molecule has 1 aromatic rings. The Morgan fingerprint density at radius 1 is 1.61 bits per heavy atom. The van der Waals surface area contributed by atoms with Crippen molar-refractivity contribution in [2.75, 3.05) is 13.2 Å². The first-order valence-electron chi connectivity index (χ1n) is 5.77. The van der Waals surface area contributed by atoms with E-state index in [9.17, 15) is 9.90 Å². The summed E-state index contributed by atoms with van der Waals surface area (Å²) in [6, 6.07) is 1.31. The highest BCUT2D eigenvalue weighted by atomic mass is 35.5. The summed E-state index contributed by atoms with van der Waals surface area (Å²) >= 11 is 11.7. The van der Waals surface area contributed by atoms with Crippen LogP contribution in [0.25, 0.3) is 0 Å². The number of hydrogen-bond acceptors (Lipinski definition) is 3. The van der Waals surface area contributed by atoms with Crippen molar-refractivity contribution in [1.29, 1.82) is 0 Å². The van der Waals surface area contributed by atoms with Crippen molar-refractivity contribution in [3.8, 4) is 0 Å². The average molecular weight is 289 g/mol. The Morgan fingerprint density at radius 2 is 2.33 bits per heavy atom. The van der Waals surface area contributed by atoms with Crippen LogP contribution in [0.3, 0.4) is 0 Å². The molecule has 98 valence electrons. The molecule has 0 bridgehead atoms.